The molecule has 1 amide bonds. The van der Waals surface area contributed by atoms with Crippen LogP contribution in [0.25, 0.3) is 11.1 Å². The normalized spacial score (nSPS) is 22.3. The number of carbonyl (C=O) groups is 1. The molecule has 21 heavy (non-hydrogen) atoms. The molecule has 112 valence electrons. The molecular formula is C15H18N2O4. The summed E-state index contributed by atoms with van der Waals surface area (Å²) in [6.45, 7) is -0.0981. The average Bonchev–Trinajstić information content (AvgIpc) is 2.78. The van der Waals surface area contributed by atoms with Crippen LogP contribution in [0.3, 0.4) is 0 Å². The van der Waals surface area contributed by atoms with Gasteiger partial charge in [0.25, 0.3) is 0 Å². The summed E-state index contributed by atoms with van der Waals surface area (Å²) in [5, 5.41) is 12.7. The highest BCUT2D eigenvalue weighted by Gasteiger charge is 2.24. The van der Waals surface area contributed by atoms with Crippen LogP contribution in [0.2, 0.25) is 0 Å². The molecule has 0 saturated heterocycles. The average molecular weight is 290 g/mol. The Kier molecular flexibility index (Phi) is 3.79. The zero-order valence-electron chi connectivity index (χ0n) is 11.6. The van der Waals surface area contributed by atoms with E-state index in [0.29, 0.717) is 17.5 Å². The molecule has 6 nitrogen and oxygen atoms in total. The van der Waals surface area contributed by atoms with Crippen molar-refractivity contribution in [3.05, 3.63) is 34.8 Å². The Morgan fingerprint density at radius 1 is 1.33 bits per heavy atom. The van der Waals surface area contributed by atoms with Crippen LogP contribution in [0.15, 0.2) is 33.5 Å². The summed E-state index contributed by atoms with van der Waals surface area (Å²) < 4.78 is 6.39. The number of rotatable bonds is 3. The van der Waals surface area contributed by atoms with E-state index in [1.807, 2.05) is 0 Å². The van der Waals surface area contributed by atoms with Crippen molar-refractivity contribution in [3.63, 3.8) is 0 Å². The van der Waals surface area contributed by atoms with Crippen LogP contribution < -0.4 is 11.1 Å². The van der Waals surface area contributed by atoms with Gasteiger partial charge in [0, 0.05) is 0 Å². The number of para-hydroxylation sites is 2. The molecule has 3 rings (SSSR count). The first-order chi connectivity index (χ1) is 10.1. The lowest BCUT2D eigenvalue weighted by Gasteiger charge is -2.28. The molecule has 1 aromatic carbocycles. The van der Waals surface area contributed by atoms with Crippen LogP contribution in [0.1, 0.15) is 25.7 Å². The van der Waals surface area contributed by atoms with E-state index < -0.39 is 11.9 Å². The maximum atomic E-state index is 12.1. The standard InChI is InChI=1S/C15H18N2O4/c18-12-7-3-1-5-10(12)16-14(19)9-17-11-6-2-4-8-13(11)21-15(17)20/h2,4,6,8,10,12,18H,1,3,5,7,9H2,(H,16,19)/t10-,12-/m1/s1. The molecule has 1 aromatic heterocycles. The van der Waals surface area contributed by atoms with Gasteiger partial charge >= 0.3 is 5.76 Å². The van der Waals surface area contributed by atoms with Gasteiger partial charge in [0.15, 0.2) is 5.58 Å². The van der Waals surface area contributed by atoms with E-state index in [-0.39, 0.29) is 18.5 Å². The van der Waals surface area contributed by atoms with E-state index in [0.717, 1.165) is 19.3 Å². The molecular weight excluding hydrogens is 272 g/mol. The number of aliphatic hydroxyl groups is 1. The molecule has 1 aliphatic carbocycles. The molecule has 1 aliphatic rings. The predicted molar refractivity (Wildman–Crippen MR) is 76.9 cm³/mol. The number of amides is 1. The summed E-state index contributed by atoms with van der Waals surface area (Å²) in [7, 11) is 0. The first-order valence-electron chi connectivity index (χ1n) is 7.21. The quantitative estimate of drug-likeness (QED) is 0.883. The molecule has 0 radical (unpaired) electrons. The molecule has 0 bridgehead atoms. The highest BCUT2D eigenvalue weighted by Crippen LogP contribution is 2.18. The minimum Gasteiger partial charge on any atom is -0.408 e. The van der Waals surface area contributed by atoms with Crippen molar-refractivity contribution < 1.29 is 14.3 Å². The third-order valence-electron chi connectivity index (χ3n) is 3.95. The molecule has 2 atom stereocenters. The van der Waals surface area contributed by atoms with Crippen molar-refractivity contribution in [3.8, 4) is 0 Å². The van der Waals surface area contributed by atoms with E-state index in [1.54, 1.807) is 24.3 Å². The monoisotopic (exact) mass is 290 g/mol. The van der Waals surface area contributed by atoms with Gasteiger partial charge in [-0.15, -0.1) is 0 Å². The van der Waals surface area contributed by atoms with Crippen molar-refractivity contribution in [1.82, 2.24) is 9.88 Å². The summed E-state index contributed by atoms with van der Waals surface area (Å²) in [4.78, 5) is 23.9. The number of oxazole rings is 1. The molecule has 2 N–H and O–H groups in total. The number of fused-ring (bicyclic) bond motifs is 1. The summed E-state index contributed by atoms with van der Waals surface area (Å²) in [6, 6.07) is 6.77. The van der Waals surface area contributed by atoms with Gasteiger partial charge in [0.05, 0.1) is 17.7 Å². The van der Waals surface area contributed by atoms with Crippen LogP contribution in [-0.4, -0.2) is 27.7 Å². The fourth-order valence-corrected chi connectivity index (χ4v) is 2.84. The van der Waals surface area contributed by atoms with Crippen LogP contribution in [0, 0.1) is 0 Å². The van der Waals surface area contributed by atoms with Gasteiger partial charge in [-0.05, 0) is 25.0 Å². The fourth-order valence-electron chi connectivity index (χ4n) is 2.84. The first kappa shape index (κ1) is 13.9. The second kappa shape index (κ2) is 5.73. The lowest BCUT2D eigenvalue weighted by molar-refractivity contribution is -0.123. The number of nitrogens with one attached hydrogen (secondary N) is 1. The number of benzene rings is 1. The smallest absolute Gasteiger partial charge is 0.408 e. The molecule has 1 saturated carbocycles. The summed E-state index contributed by atoms with van der Waals surface area (Å²) >= 11 is 0. The third kappa shape index (κ3) is 2.85. The number of hydrogen-bond donors (Lipinski definition) is 2. The third-order valence-corrected chi connectivity index (χ3v) is 3.95. The van der Waals surface area contributed by atoms with E-state index in [9.17, 15) is 14.7 Å². The van der Waals surface area contributed by atoms with Crippen molar-refractivity contribution in [2.45, 2.75) is 44.4 Å². The largest absolute Gasteiger partial charge is 0.420 e. The lowest BCUT2D eigenvalue weighted by atomic mass is 9.92. The number of nitrogens with zero attached hydrogens (tertiary/aromatic N) is 1. The molecule has 1 heterocycles. The maximum Gasteiger partial charge on any atom is 0.420 e. The van der Waals surface area contributed by atoms with E-state index in [4.69, 9.17) is 4.42 Å². The second-order valence-electron chi connectivity index (χ2n) is 5.45. The van der Waals surface area contributed by atoms with Crippen molar-refractivity contribution in [2.24, 2.45) is 0 Å². The fraction of sp³-hybridized carbons (Fsp3) is 0.467. The summed E-state index contributed by atoms with van der Waals surface area (Å²) in [6.07, 6.45) is 2.96. The van der Waals surface area contributed by atoms with Gasteiger partial charge in [-0.3, -0.25) is 9.36 Å². The predicted octanol–water partition coefficient (Wildman–Crippen LogP) is 1.01. The maximum absolute atomic E-state index is 12.1. The lowest BCUT2D eigenvalue weighted by Crippen LogP contribution is -2.46. The van der Waals surface area contributed by atoms with Crippen molar-refractivity contribution in [2.75, 3.05) is 0 Å². The van der Waals surface area contributed by atoms with Crippen LogP contribution >= 0.6 is 0 Å². The summed E-state index contributed by atoms with van der Waals surface area (Å²) in [5.74, 6) is -0.829. The zero-order valence-corrected chi connectivity index (χ0v) is 11.6. The Balaban J connectivity index is 1.74. The molecule has 0 unspecified atom stereocenters. The Hall–Kier alpha value is -2.08. The number of hydrogen-bond acceptors (Lipinski definition) is 4. The Morgan fingerprint density at radius 3 is 2.90 bits per heavy atom. The summed E-state index contributed by atoms with van der Waals surface area (Å²) in [5.41, 5.74) is 1.06. The van der Waals surface area contributed by atoms with E-state index in [1.165, 1.54) is 4.57 Å². The topological polar surface area (TPSA) is 84.5 Å². The highest BCUT2D eigenvalue weighted by atomic mass is 16.4. The van der Waals surface area contributed by atoms with Crippen LogP contribution in [-0.2, 0) is 11.3 Å². The van der Waals surface area contributed by atoms with Gasteiger partial charge in [0.1, 0.15) is 6.54 Å². The van der Waals surface area contributed by atoms with E-state index in [2.05, 4.69) is 5.32 Å². The van der Waals surface area contributed by atoms with Gasteiger partial charge < -0.3 is 14.8 Å². The Bertz CT molecular complexity index is 703. The number of aromatic nitrogens is 1. The molecule has 1 fully saturated rings. The van der Waals surface area contributed by atoms with Gasteiger partial charge in [0.2, 0.25) is 5.91 Å². The van der Waals surface area contributed by atoms with Crippen molar-refractivity contribution in [1.29, 1.82) is 0 Å². The number of carbonyl (C=O) groups excluding carboxylic acids is 1. The van der Waals surface area contributed by atoms with Crippen molar-refractivity contribution >= 4 is 17.0 Å². The van der Waals surface area contributed by atoms with E-state index >= 15 is 0 Å². The minimum absolute atomic E-state index is 0.0981. The molecule has 2 aromatic rings. The molecule has 6 heteroatoms. The van der Waals surface area contributed by atoms with Gasteiger partial charge in [-0.25, -0.2) is 4.79 Å². The SMILES string of the molecule is O=C(Cn1c(=O)oc2ccccc21)N[C@@H]1CCCC[C@H]1O. The van der Waals surface area contributed by atoms with Gasteiger partial charge in [-0.1, -0.05) is 25.0 Å². The van der Waals surface area contributed by atoms with Gasteiger partial charge in [-0.2, -0.15) is 0 Å². The van der Waals surface area contributed by atoms with Crippen LogP contribution in [0.4, 0.5) is 0 Å². The number of aliphatic hydroxyl groups excluding tert-OH is 1. The minimum atomic E-state index is -0.546. The zero-order chi connectivity index (χ0) is 14.8. The Labute approximate surface area is 121 Å². The first-order valence-corrected chi connectivity index (χ1v) is 7.21. The highest BCUT2D eigenvalue weighted by molar-refractivity contribution is 5.79. The van der Waals surface area contributed by atoms with Crippen LogP contribution in [0.5, 0.6) is 0 Å². The molecule has 0 spiro atoms. The second-order valence-corrected chi connectivity index (χ2v) is 5.45. The molecule has 0 aliphatic heterocycles. The Morgan fingerprint density at radius 2 is 2.10 bits per heavy atom.